The van der Waals surface area contributed by atoms with Crippen LogP contribution in [0.1, 0.15) is 35.4 Å². The topological polar surface area (TPSA) is 139 Å². The Bertz CT molecular complexity index is 1410. The van der Waals surface area contributed by atoms with Crippen molar-refractivity contribution in [2.45, 2.75) is 36.3 Å². The van der Waals surface area contributed by atoms with Crippen LogP contribution in [0.2, 0.25) is 0 Å². The van der Waals surface area contributed by atoms with Crippen molar-refractivity contribution in [2.75, 3.05) is 4.72 Å². The second-order valence-electron chi connectivity index (χ2n) is 8.35. The van der Waals surface area contributed by atoms with Gasteiger partial charge in [-0.3, -0.25) is 14.9 Å². The van der Waals surface area contributed by atoms with Gasteiger partial charge in [0.25, 0.3) is 10.0 Å². The van der Waals surface area contributed by atoms with Crippen molar-refractivity contribution in [1.82, 2.24) is 0 Å². The lowest BCUT2D eigenvalue weighted by Gasteiger charge is -2.18. The van der Waals surface area contributed by atoms with Gasteiger partial charge in [0.15, 0.2) is 0 Å². The summed E-state index contributed by atoms with van der Waals surface area (Å²) in [5.74, 6) is -4.81. The lowest BCUT2D eigenvalue weighted by Crippen LogP contribution is -2.28. The Balaban J connectivity index is 1.73. The zero-order chi connectivity index (χ0) is 27.9. The first-order chi connectivity index (χ1) is 17.8. The Morgan fingerprint density at radius 3 is 2.24 bits per heavy atom. The van der Waals surface area contributed by atoms with E-state index in [2.05, 4.69) is 9.46 Å². The minimum Gasteiger partial charge on any atom is -0.386 e. The van der Waals surface area contributed by atoms with Crippen LogP contribution < -0.4 is 10.5 Å². The predicted octanol–water partition coefficient (Wildman–Crippen LogP) is 4.51. The van der Waals surface area contributed by atoms with Crippen LogP contribution in [-0.2, 0) is 30.8 Å². The average Bonchev–Trinajstić information content (AvgIpc) is 2.87. The van der Waals surface area contributed by atoms with Gasteiger partial charge in [0.05, 0.1) is 11.3 Å². The number of hydrogen-bond donors (Lipinski definition) is 3. The summed E-state index contributed by atoms with van der Waals surface area (Å²) >= 11 is 0. The third-order valence-corrected chi connectivity index (χ3v) is 6.96. The Kier molecular flexibility index (Phi) is 8.89. The standard InChI is InChI=1S/C26H24F3N3O5S/c27-26(28,29)25(34)37-23(33)16-19(18-5-4-6-20(15-18)24(30)31)12-9-17-10-13-21(14-11-17)32-38(35,36)22-7-2-1-3-8-22/h1-8,10-11,13-15,19,32H,9,12,16H2,(H3,30,31). The van der Waals surface area contributed by atoms with Crippen molar-refractivity contribution < 1.29 is 35.9 Å². The average molecular weight is 548 g/mol. The van der Waals surface area contributed by atoms with Crippen molar-refractivity contribution in [1.29, 1.82) is 5.41 Å². The Hall–Kier alpha value is -4.19. The van der Waals surface area contributed by atoms with Gasteiger partial charge >= 0.3 is 18.1 Å². The summed E-state index contributed by atoms with van der Waals surface area (Å²) in [7, 11) is -3.77. The number of alkyl halides is 3. The number of sulfonamides is 1. The molecule has 0 aliphatic carbocycles. The number of nitrogen functional groups attached to an aromatic ring is 1. The number of benzene rings is 3. The molecule has 3 aromatic rings. The number of amidine groups is 1. The van der Waals surface area contributed by atoms with Crippen molar-refractivity contribution in [2.24, 2.45) is 5.73 Å². The van der Waals surface area contributed by atoms with E-state index < -0.39 is 40.5 Å². The molecular formula is C26H24F3N3O5S. The first-order valence-electron chi connectivity index (χ1n) is 11.3. The van der Waals surface area contributed by atoms with E-state index >= 15 is 0 Å². The van der Waals surface area contributed by atoms with E-state index in [-0.39, 0.29) is 17.2 Å². The zero-order valence-electron chi connectivity index (χ0n) is 19.9. The number of carbonyl (C=O) groups is 2. The van der Waals surface area contributed by atoms with Gasteiger partial charge in [-0.1, -0.05) is 48.5 Å². The first-order valence-corrected chi connectivity index (χ1v) is 12.8. The molecule has 4 N–H and O–H groups in total. The fraction of sp³-hybridized carbons (Fsp3) is 0.192. The number of halogens is 3. The van der Waals surface area contributed by atoms with Crippen LogP contribution in [0.5, 0.6) is 0 Å². The summed E-state index contributed by atoms with van der Waals surface area (Å²) in [4.78, 5) is 23.3. The molecule has 0 amide bonds. The Morgan fingerprint density at radius 2 is 1.63 bits per heavy atom. The van der Waals surface area contributed by atoms with Crippen LogP contribution in [0.3, 0.4) is 0 Å². The molecule has 0 bridgehead atoms. The summed E-state index contributed by atoms with van der Waals surface area (Å²) in [6.45, 7) is 0. The number of aryl methyl sites for hydroxylation is 1. The van der Waals surface area contributed by atoms with Crippen molar-refractivity contribution in [3.63, 3.8) is 0 Å². The van der Waals surface area contributed by atoms with Crippen LogP contribution >= 0.6 is 0 Å². The van der Waals surface area contributed by atoms with E-state index in [4.69, 9.17) is 11.1 Å². The molecule has 0 spiro atoms. The Labute approximate surface area is 217 Å². The van der Waals surface area contributed by atoms with Crippen molar-refractivity contribution in [3.05, 3.63) is 95.6 Å². The second kappa shape index (κ2) is 11.9. The summed E-state index contributed by atoms with van der Waals surface area (Å²) in [6.07, 6.45) is -5.19. The summed E-state index contributed by atoms with van der Waals surface area (Å²) < 4.78 is 69.0. The highest BCUT2D eigenvalue weighted by Gasteiger charge is 2.42. The van der Waals surface area contributed by atoms with Crippen LogP contribution in [0.25, 0.3) is 0 Å². The highest BCUT2D eigenvalue weighted by Crippen LogP contribution is 2.28. The molecule has 0 radical (unpaired) electrons. The van der Waals surface area contributed by atoms with E-state index in [9.17, 15) is 31.2 Å². The summed E-state index contributed by atoms with van der Waals surface area (Å²) in [5.41, 5.74) is 7.52. The smallest absolute Gasteiger partial charge is 0.386 e. The van der Waals surface area contributed by atoms with E-state index in [1.807, 2.05) is 0 Å². The molecule has 200 valence electrons. The minimum absolute atomic E-state index is 0.107. The van der Waals surface area contributed by atoms with E-state index in [1.54, 1.807) is 66.7 Å². The highest BCUT2D eigenvalue weighted by atomic mass is 32.2. The molecule has 0 aromatic heterocycles. The molecule has 3 aromatic carbocycles. The van der Waals surface area contributed by atoms with Gasteiger partial charge in [0, 0.05) is 11.3 Å². The van der Waals surface area contributed by atoms with Gasteiger partial charge in [-0.2, -0.15) is 13.2 Å². The maximum Gasteiger partial charge on any atom is 0.491 e. The van der Waals surface area contributed by atoms with Crippen LogP contribution in [0, 0.1) is 5.41 Å². The first kappa shape index (κ1) is 28.4. The van der Waals surface area contributed by atoms with Gasteiger partial charge in [0.2, 0.25) is 0 Å². The molecule has 1 atom stereocenters. The molecule has 8 nitrogen and oxygen atoms in total. The van der Waals surface area contributed by atoms with Gasteiger partial charge < -0.3 is 10.5 Å². The molecule has 0 aliphatic rings. The molecule has 3 rings (SSSR count). The number of ether oxygens (including phenoxy) is 1. The molecule has 12 heteroatoms. The molecule has 0 fully saturated rings. The fourth-order valence-corrected chi connectivity index (χ4v) is 4.72. The predicted molar refractivity (Wildman–Crippen MR) is 134 cm³/mol. The zero-order valence-corrected chi connectivity index (χ0v) is 20.7. The van der Waals surface area contributed by atoms with Crippen LogP contribution in [-0.4, -0.2) is 32.4 Å². The number of hydrogen-bond acceptors (Lipinski definition) is 6. The van der Waals surface area contributed by atoms with Gasteiger partial charge in [-0.05, 0) is 60.2 Å². The second-order valence-corrected chi connectivity index (χ2v) is 10.0. The molecule has 1 unspecified atom stereocenters. The normalized spacial score (nSPS) is 12.4. The molecular weight excluding hydrogens is 523 g/mol. The van der Waals surface area contributed by atoms with E-state index in [0.29, 0.717) is 23.2 Å². The molecule has 0 saturated heterocycles. The summed E-state index contributed by atoms with van der Waals surface area (Å²) in [6, 6.07) is 20.7. The number of nitrogens with one attached hydrogen (secondary N) is 2. The maximum absolute atomic E-state index is 12.5. The number of nitrogens with two attached hydrogens (primary N) is 1. The highest BCUT2D eigenvalue weighted by molar-refractivity contribution is 7.92. The Morgan fingerprint density at radius 1 is 0.974 bits per heavy atom. The van der Waals surface area contributed by atoms with Crippen molar-refractivity contribution in [3.8, 4) is 0 Å². The van der Waals surface area contributed by atoms with E-state index in [0.717, 1.165) is 5.56 Å². The van der Waals surface area contributed by atoms with Crippen LogP contribution in [0.4, 0.5) is 18.9 Å². The third-order valence-electron chi connectivity index (χ3n) is 5.56. The van der Waals surface area contributed by atoms with Crippen molar-refractivity contribution >= 4 is 33.5 Å². The van der Waals surface area contributed by atoms with Crippen LogP contribution in [0.15, 0.2) is 83.8 Å². The third kappa shape index (κ3) is 7.90. The molecule has 0 heterocycles. The summed E-state index contributed by atoms with van der Waals surface area (Å²) in [5, 5.41) is 7.62. The van der Waals surface area contributed by atoms with Gasteiger partial charge in [-0.15, -0.1) is 0 Å². The largest absolute Gasteiger partial charge is 0.491 e. The molecule has 0 aliphatic heterocycles. The minimum atomic E-state index is -5.30. The molecule has 38 heavy (non-hydrogen) atoms. The van der Waals surface area contributed by atoms with E-state index in [1.165, 1.54) is 12.1 Å². The van der Waals surface area contributed by atoms with Gasteiger partial charge in [0.1, 0.15) is 5.84 Å². The number of rotatable bonds is 10. The number of esters is 2. The maximum atomic E-state index is 12.5. The quantitative estimate of drug-likeness (QED) is 0.148. The fourth-order valence-electron chi connectivity index (χ4n) is 3.64. The lowest BCUT2D eigenvalue weighted by molar-refractivity contribution is -0.202. The number of carbonyl (C=O) groups excluding carboxylic acids is 2. The van der Waals surface area contributed by atoms with Gasteiger partial charge in [-0.25, -0.2) is 13.2 Å². The lowest BCUT2D eigenvalue weighted by atomic mass is 9.88. The monoisotopic (exact) mass is 547 g/mol. The number of anilines is 1. The molecule has 0 saturated carbocycles. The SMILES string of the molecule is N=C(N)c1cccc(C(CCc2ccc(NS(=O)(=O)c3ccccc3)cc2)CC(=O)OC(=O)C(F)(F)F)c1.